The number of phenolic OH excluding ortho intramolecular Hbond substituents is 1. The van der Waals surface area contributed by atoms with Crippen molar-refractivity contribution in [3.8, 4) is 5.75 Å². The van der Waals surface area contributed by atoms with Gasteiger partial charge in [-0.15, -0.1) is 0 Å². The van der Waals surface area contributed by atoms with E-state index in [0.717, 1.165) is 0 Å². The number of phenols is 1. The lowest BCUT2D eigenvalue weighted by molar-refractivity contribution is 0.475. The molecule has 0 heterocycles. The van der Waals surface area contributed by atoms with Crippen LogP contribution in [0.2, 0.25) is 0 Å². The first-order chi connectivity index (χ1) is 9.92. The van der Waals surface area contributed by atoms with Crippen LogP contribution in [0.3, 0.4) is 0 Å². The first kappa shape index (κ1) is 15.2. The fourth-order valence-corrected chi connectivity index (χ4v) is 3.74. The van der Waals surface area contributed by atoms with E-state index in [1.165, 1.54) is 16.4 Å². The molecule has 2 rings (SSSR count). The van der Waals surface area contributed by atoms with Crippen LogP contribution in [0.4, 0.5) is 11.4 Å². The lowest BCUT2D eigenvalue weighted by atomic mass is 10.2. The molecule has 0 atom stereocenters. The number of hydrogen-bond donors (Lipinski definition) is 2. The minimum Gasteiger partial charge on any atom is -0.508 e. The summed E-state index contributed by atoms with van der Waals surface area (Å²) >= 11 is 0. The van der Waals surface area contributed by atoms with Gasteiger partial charge in [-0.1, -0.05) is 18.2 Å². The molecular weight excluding hydrogens is 288 g/mol. The monoisotopic (exact) mass is 306 g/mol. The Bertz CT molecular complexity index is 729. The Morgan fingerprint density at radius 3 is 2.48 bits per heavy atom. The Hall–Kier alpha value is -2.21. The third kappa shape index (κ3) is 3.66. The van der Waals surface area contributed by atoms with Crippen LogP contribution >= 0.6 is 0 Å². The summed E-state index contributed by atoms with van der Waals surface area (Å²) in [6.45, 7) is 2.04. The molecule has 0 saturated heterocycles. The molecule has 0 unspecified atom stereocenters. The quantitative estimate of drug-likeness (QED) is 0.830. The van der Waals surface area contributed by atoms with Crippen LogP contribution in [0.25, 0.3) is 0 Å². The van der Waals surface area contributed by atoms with E-state index < -0.39 is 10.0 Å². The summed E-state index contributed by atoms with van der Waals surface area (Å²) in [5.41, 5.74) is 7.28. The molecule has 0 aromatic heterocycles. The Morgan fingerprint density at radius 1 is 1.14 bits per heavy atom. The molecule has 0 radical (unpaired) electrons. The van der Waals surface area contributed by atoms with E-state index in [4.69, 9.17) is 5.73 Å². The van der Waals surface area contributed by atoms with Crippen molar-refractivity contribution in [3.63, 3.8) is 0 Å². The third-order valence-electron chi connectivity index (χ3n) is 3.04. The number of aromatic hydroxyl groups is 1. The molecule has 3 N–H and O–H groups in total. The van der Waals surface area contributed by atoms with Crippen molar-refractivity contribution < 1.29 is 13.5 Å². The van der Waals surface area contributed by atoms with Crippen LogP contribution < -0.4 is 10.0 Å². The van der Waals surface area contributed by atoms with Crippen molar-refractivity contribution >= 4 is 21.4 Å². The van der Waals surface area contributed by atoms with Crippen LogP contribution in [0.15, 0.2) is 48.5 Å². The summed E-state index contributed by atoms with van der Waals surface area (Å²) in [4.78, 5) is 0. The topological polar surface area (TPSA) is 83.6 Å². The molecule has 5 nitrogen and oxygen atoms in total. The standard InChI is InChI=1S/C15H18N2O3S/c1-2-17(14-7-4-8-15(18)10-14)21(19,20)11-12-5-3-6-13(16)9-12/h3-10,18H,2,11,16H2,1H3. The lowest BCUT2D eigenvalue weighted by Crippen LogP contribution is -2.31. The number of hydrogen-bond acceptors (Lipinski definition) is 4. The van der Waals surface area contributed by atoms with Gasteiger partial charge in [-0.2, -0.15) is 0 Å². The predicted molar refractivity (Wildman–Crippen MR) is 84.6 cm³/mol. The summed E-state index contributed by atoms with van der Waals surface area (Å²) in [5, 5.41) is 9.51. The maximum Gasteiger partial charge on any atom is 0.239 e. The van der Waals surface area contributed by atoms with Gasteiger partial charge < -0.3 is 10.8 Å². The van der Waals surface area contributed by atoms with Crippen molar-refractivity contribution in [2.24, 2.45) is 0 Å². The molecule has 0 spiro atoms. The van der Waals surface area contributed by atoms with Gasteiger partial charge in [-0.3, -0.25) is 4.31 Å². The Balaban J connectivity index is 2.32. The summed E-state index contributed by atoms with van der Waals surface area (Å²) in [7, 11) is -3.55. The predicted octanol–water partition coefficient (Wildman–Crippen LogP) is 2.33. The van der Waals surface area contributed by atoms with Crippen molar-refractivity contribution in [2.75, 3.05) is 16.6 Å². The molecule has 2 aromatic rings. The minimum atomic E-state index is -3.55. The molecule has 6 heteroatoms. The fourth-order valence-electron chi connectivity index (χ4n) is 2.16. The summed E-state index contributed by atoms with van der Waals surface area (Å²) in [6, 6.07) is 13.0. The van der Waals surface area contributed by atoms with Gasteiger partial charge in [0.2, 0.25) is 10.0 Å². The number of rotatable bonds is 5. The van der Waals surface area contributed by atoms with E-state index in [0.29, 0.717) is 16.9 Å². The maximum atomic E-state index is 12.6. The fraction of sp³-hybridized carbons (Fsp3) is 0.200. The minimum absolute atomic E-state index is 0.0325. The summed E-state index contributed by atoms with van der Waals surface area (Å²) in [6.07, 6.45) is 0. The van der Waals surface area contributed by atoms with E-state index in [2.05, 4.69) is 0 Å². The summed E-state index contributed by atoms with van der Waals surface area (Å²) in [5.74, 6) is -0.105. The van der Waals surface area contributed by atoms with E-state index in [1.54, 1.807) is 43.3 Å². The zero-order valence-electron chi connectivity index (χ0n) is 11.7. The van der Waals surface area contributed by atoms with E-state index in [-0.39, 0.29) is 18.0 Å². The van der Waals surface area contributed by atoms with Gasteiger partial charge in [0, 0.05) is 18.3 Å². The van der Waals surface area contributed by atoms with E-state index in [1.807, 2.05) is 0 Å². The first-order valence-electron chi connectivity index (χ1n) is 6.56. The molecule has 0 aliphatic rings. The second-order valence-corrected chi connectivity index (χ2v) is 6.58. The molecule has 0 bridgehead atoms. The Labute approximate surface area is 124 Å². The third-order valence-corrected chi connectivity index (χ3v) is 4.88. The number of sulfonamides is 1. The Morgan fingerprint density at radius 2 is 1.86 bits per heavy atom. The van der Waals surface area contributed by atoms with Gasteiger partial charge >= 0.3 is 0 Å². The number of nitrogens with two attached hydrogens (primary N) is 1. The molecule has 0 saturated carbocycles. The van der Waals surface area contributed by atoms with Crippen molar-refractivity contribution in [1.82, 2.24) is 0 Å². The number of benzene rings is 2. The van der Waals surface area contributed by atoms with Crippen molar-refractivity contribution in [1.29, 1.82) is 0 Å². The molecule has 0 amide bonds. The maximum absolute atomic E-state index is 12.6. The lowest BCUT2D eigenvalue weighted by Gasteiger charge is -2.23. The number of nitrogen functional groups attached to an aromatic ring is 1. The average Bonchev–Trinajstić information content (AvgIpc) is 2.38. The molecule has 0 aliphatic heterocycles. The van der Waals surface area contributed by atoms with Crippen molar-refractivity contribution in [2.45, 2.75) is 12.7 Å². The summed E-state index contributed by atoms with van der Waals surface area (Å²) < 4.78 is 26.4. The van der Waals surface area contributed by atoms with Gasteiger partial charge in [-0.05, 0) is 36.8 Å². The van der Waals surface area contributed by atoms with E-state index in [9.17, 15) is 13.5 Å². The van der Waals surface area contributed by atoms with Gasteiger partial charge in [0.1, 0.15) is 5.75 Å². The van der Waals surface area contributed by atoms with E-state index >= 15 is 0 Å². The zero-order chi connectivity index (χ0) is 15.5. The smallest absolute Gasteiger partial charge is 0.239 e. The molecule has 112 valence electrons. The molecule has 0 aliphatic carbocycles. The highest BCUT2D eigenvalue weighted by Gasteiger charge is 2.21. The molecule has 21 heavy (non-hydrogen) atoms. The zero-order valence-corrected chi connectivity index (χ0v) is 12.5. The highest BCUT2D eigenvalue weighted by Crippen LogP contribution is 2.24. The molecular formula is C15H18N2O3S. The van der Waals surface area contributed by atoms with Gasteiger partial charge in [0.15, 0.2) is 0 Å². The highest BCUT2D eigenvalue weighted by atomic mass is 32.2. The molecule has 0 fully saturated rings. The van der Waals surface area contributed by atoms with Gasteiger partial charge in [0.25, 0.3) is 0 Å². The van der Waals surface area contributed by atoms with Crippen LogP contribution in [-0.2, 0) is 15.8 Å². The second kappa shape index (κ2) is 6.05. The van der Waals surface area contributed by atoms with Crippen LogP contribution in [0.5, 0.6) is 5.75 Å². The normalized spacial score (nSPS) is 11.3. The largest absolute Gasteiger partial charge is 0.508 e. The average molecular weight is 306 g/mol. The van der Waals surface area contributed by atoms with Crippen molar-refractivity contribution in [3.05, 3.63) is 54.1 Å². The van der Waals surface area contributed by atoms with Crippen LogP contribution in [0.1, 0.15) is 12.5 Å². The van der Waals surface area contributed by atoms with Crippen LogP contribution in [-0.4, -0.2) is 20.1 Å². The van der Waals surface area contributed by atoms with Gasteiger partial charge in [-0.25, -0.2) is 8.42 Å². The second-order valence-electron chi connectivity index (χ2n) is 4.69. The Kier molecular flexibility index (Phi) is 4.37. The number of anilines is 2. The SMILES string of the molecule is CCN(c1cccc(O)c1)S(=O)(=O)Cc1cccc(N)c1. The van der Waals surface area contributed by atoms with Crippen LogP contribution in [0, 0.1) is 0 Å². The van der Waals surface area contributed by atoms with Gasteiger partial charge in [0.05, 0.1) is 11.4 Å². The molecule has 2 aromatic carbocycles. The first-order valence-corrected chi connectivity index (χ1v) is 8.17. The number of nitrogens with zero attached hydrogens (tertiary/aromatic N) is 1. The highest BCUT2D eigenvalue weighted by molar-refractivity contribution is 7.92.